The Kier molecular flexibility index (Phi) is 5.44. The first kappa shape index (κ1) is 14.9. The molecule has 0 aliphatic rings. The van der Waals surface area contributed by atoms with Gasteiger partial charge in [-0.3, -0.25) is 0 Å². The summed E-state index contributed by atoms with van der Waals surface area (Å²) in [7, 11) is -6.00. The number of aryl methyl sites for hydroxylation is 2. The molecule has 0 saturated carbocycles. The predicted octanol–water partition coefficient (Wildman–Crippen LogP) is 4.85. The van der Waals surface area contributed by atoms with Gasteiger partial charge in [-0.05, 0) is 26.0 Å². The molecule has 0 aliphatic heterocycles. The van der Waals surface area contributed by atoms with Crippen LogP contribution in [-0.2, 0) is 0 Å². The van der Waals surface area contributed by atoms with Crippen molar-refractivity contribution in [2.45, 2.75) is 13.8 Å². The van der Waals surface area contributed by atoms with E-state index in [1.807, 2.05) is 26.0 Å². The molecule has 8 heteroatoms. The first-order chi connectivity index (χ1) is 7.15. The van der Waals surface area contributed by atoms with Crippen LogP contribution in [0.5, 0.6) is 0 Å². The van der Waals surface area contributed by atoms with E-state index in [1.54, 1.807) is 0 Å². The molecule has 0 bridgehead atoms. The zero-order valence-electron chi connectivity index (χ0n) is 8.52. The molecule has 0 heterocycles. The lowest BCUT2D eigenvalue weighted by Gasteiger charge is -1.94. The van der Waals surface area contributed by atoms with Crippen LogP contribution in [0.25, 0.3) is 4.98 Å². The minimum Gasteiger partial charge on any atom is -0.418 e. The molecule has 0 saturated heterocycles. The molecule has 0 aromatic heterocycles. The van der Waals surface area contributed by atoms with Gasteiger partial charge in [0.05, 0.1) is 0 Å². The van der Waals surface area contributed by atoms with Crippen molar-refractivity contribution in [3.8, 4) is 0 Å². The Bertz CT molecular complexity index is 384. The fourth-order valence-corrected chi connectivity index (χ4v) is 1.75. The summed E-state index contributed by atoms with van der Waals surface area (Å²) in [6.07, 6.45) is 0. The molecule has 1 aromatic rings. The van der Waals surface area contributed by atoms with Crippen molar-refractivity contribution in [2.75, 3.05) is 0 Å². The maximum atomic E-state index is 9.75. The van der Waals surface area contributed by atoms with Gasteiger partial charge in [0.2, 0.25) is 5.39 Å². The Hall–Kier alpha value is -1.10. The van der Waals surface area contributed by atoms with Crippen LogP contribution in [0.4, 0.5) is 23.0 Å². The highest BCUT2D eigenvalue weighted by Gasteiger charge is 2.20. The number of nitrogens with zero attached hydrogens (tertiary/aromatic N) is 2. The Labute approximate surface area is 98.5 Å². The van der Waals surface area contributed by atoms with Crippen LogP contribution in [0.3, 0.4) is 0 Å². The van der Waals surface area contributed by atoms with E-state index < -0.39 is 7.25 Å². The highest BCUT2D eigenvalue weighted by molar-refractivity contribution is 9.10. The van der Waals surface area contributed by atoms with Gasteiger partial charge in [0, 0.05) is 15.6 Å². The summed E-state index contributed by atoms with van der Waals surface area (Å²) < 4.78 is 40.0. The normalized spacial score (nSPS) is 10.1. The van der Waals surface area contributed by atoms with Crippen molar-refractivity contribution in [3.63, 3.8) is 0 Å². The van der Waals surface area contributed by atoms with E-state index >= 15 is 0 Å². The van der Waals surface area contributed by atoms with Crippen molar-refractivity contribution in [1.82, 2.24) is 0 Å². The molecule has 88 valence electrons. The first-order valence-corrected chi connectivity index (χ1v) is 4.93. The maximum absolute atomic E-state index is 9.75. The molecule has 0 atom stereocenters. The van der Waals surface area contributed by atoms with Crippen molar-refractivity contribution >= 4 is 28.9 Å². The Morgan fingerprint density at radius 1 is 1.12 bits per heavy atom. The summed E-state index contributed by atoms with van der Waals surface area (Å²) in [5.41, 5.74) is 2.60. The zero-order valence-corrected chi connectivity index (χ0v) is 10.1. The highest BCUT2D eigenvalue weighted by atomic mass is 79.9. The number of diazo groups is 1. The summed E-state index contributed by atoms with van der Waals surface area (Å²) in [6.45, 7) is 3.82. The minimum atomic E-state index is -6.00. The molecule has 0 amide bonds. The van der Waals surface area contributed by atoms with Crippen LogP contribution in [0.2, 0.25) is 0 Å². The summed E-state index contributed by atoms with van der Waals surface area (Å²) in [5.74, 6) is 0. The van der Waals surface area contributed by atoms with Crippen LogP contribution < -0.4 is 0 Å². The van der Waals surface area contributed by atoms with Gasteiger partial charge in [0.1, 0.15) is 0 Å². The van der Waals surface area contributed by atoms with E-state index in [2.05, 4.69) is 20.9 Å². The second-order valence-corrected chi connectivity index (χ2v) is 3.90. The van der Waals surface area contributed by atoms with Gasteiger partial charge in [0.25, 0.3) is 0 Å². The monoisotopic (exact) mass is 298 g/mol. The SMILES string of the molecule is Cc1cc(Br)cc(C)c1[N+]#N.F[B-](F)(F)F. The van der Waals surface area contributed by atoms with Crippen LogP contribution in [0.1, 0.15) is 11.1 Å². The Morgan fingerprint density at radius 3 is 1.69 bits per heavy atom. The average molecular weight is 299 g/mol. The maximum Gasteiger partial charge on any atom is 0.673 e. The summed E-state index contributed by atoms with van der Waals surface area (Å²) in [5, 5.41) is 8.60. The number of hydrogen-bond acceptors (Lipinski definition) is 1. The highest BCUT2D eigenvalue weighted by Crippen LogP contribution is 2.27. The fourth-order valence-electron chi connectivity index (χ4n) is 1.06. The van der Waals surface area contributed by atoms with Crippen LogP contribution in [0.15, 0.2) is 16.6 Å². The quantitative estimate of drug-likeness (QED) is 0.382. The smallest absolute Gasteiger partial charge is 0.418 e. The number of rotatable bonds is 0. The predicted molar refractivity (Wildman–Crippen MR) is 58.5 cm³/mol. The van der Waals surface area contributed by atoms with Gasteiger partial charge in [-0.2, -0.15) is 0 Å². The van der Waals surface area contributed by atoms with E-state index in [4.69, 9.17) is 5.39 Å². The molecule has 0 fully saturated rings. The van der Waals surface area contributed by atoms with Crippen molar-refractivity contribution in [3.05, 3.63) is 32.7 Å². The topological polar surface area (TPSA) is 28.1 Å². The molecule has 0 N–H and O–H groups in total. The summed E-state index contributed by atoms with van der Waals surface area (Å²) >= 11 is 3.35. The average Bonchev–Trinajstić information content (AvgIpc) is 1.99. The third kappa shape index (κ3) is 6.40. The number of benzene rings is 1. The largest absolute Gasteiger partial charge is 0.673 e. The lowest BCUT2D eigenvalue weighted by atomic mass is 10.1. The third-order valence-electron chi connectivity index (χ3n) is 1.56. The Morgan fingerprint density at radius 2 is 1.44 bits per heavy atom. The fraction of sp³-hybridized carbons (Fsp3) is 0.250. The van der Waals surface area contributed by atoms with Crippen molar-refractivity contribution in [2.24, 2.45) is 0 Å². The van der Waals surface area contributed by atoms with Crippen LogP contribution in [-0.4, -0.2) is 7.25 Å². The van der Waals surface area contributed by atoms with E-state index in [1.165, 1.54) is 0 Å². The van der Waals surface area contributed by atoms with Crippen LogP contribution >= 0.6 is 15.9 Å². The molecule has 1 rings (SSSR count). The van der Waals surface area contributed by atoms with Gasteiger partial charge >= 0.3 is 12.9 Å². The van der Waals surface area contributed by atoms with E-state index in [0.717, 1.165) is 15.6 Å². The van der Waals surface area contributed by atoms with Gasteiger partial charge in [-0.25, -0.2) is 0 Å². The van der Waals surface area contributed by atoms with Gasteiger partial charge < -0.3 is 17.3 Å². The van der Waals surface area contributed by atoms with Crippen molar-refractivity contribution in [1.29, 1.82) is 5.39 Å². The molecule has 2 nitrogen and oxygen atoms in total. The third-order valence-corrected chi connectivity index (χ3v) is 2.01. The molecule has 1 aromatic carbocycles. The number of hydrogen-bond donors (Lipinski definition) is 0. The molecule has 0 spiro atoms. The van der Waals surface area contributed by atoms with Gasteiger partial charge in [0.15, 0.2) is 4.98 Å². The number of halogens is 5. The molecular weight excluding hydrogens is 291 g/mol. The lowest BCUT2D eigenvalue weighted by Crippen LogP contribution is -2.02. The molecular formula is C8H8BBrF4N2. The first-order valence-electron chi connectivity index (χ1n) is 4.14. The standard InChI is InChI=1S/C8H8BrN2.BF4/c1-5-3-7(9)4-6(2)8(5)11-10;2-1(3,4)5/h3-4H,1-2H3;/q+1;-1. The van der Waals surface area contributed by atoms with Crippen molar-refractivity contribution < 1.29 is 17.3 Å². The van der Waals surface area contributed by atoms with Crippen LogP contribution in [0, 0.1) is 19.2 Å². The summed E-state index contributed by atoms with van der Waals surface area (Å²) in [6, 6.07) is 3.84. The Balaban J connectivity index is 0.000000385. The molecule has 16 heavy (non-hydrogen) atoms. The van der Waals surface area contributed by atoms with E-state index in [9.17, 15) is 17.3 Å². The minimum absolute atomic E-state index is 0.660. The molecule has 0 unspecified atom stereocenters. The second-order valence-electron chi connectivity index (χ2n) is 2.98. The zero-order chi connectivity index (χ0) is 12.9. The van der Waals surface area contributed by atoms with E-state index in [0.29, 0.717) is 5.69 Å². The van der Waals surface area contributed by atoms with Gasteiger partial charge in [-0.15, -0.1) is 0 Å². The lowest BCUT2D eigenvalue weighted by molar-refractivity contribution is 0.368. The second kappa shape index (κ2) is 5.84. The summed E-state index contributed by atoms with van der Waals surface area (Å²) in [4.78, 5) is 3.19. The van der Waals surface area contributed by atoms with Gasteiger partial charge in [-0.1, -0.05) is 15.9 Å². The van der Waals surface area contributed by atoms with E-state index in [-0.39, 0.29) is 0 Å². The molecule has 0 aliphatic carbocycles. The molecule has 0 radical (unpaired) electrons.